The first-order chi connectivity index (χ1) is 11.1. The van der Waals surface area contributed by atoms with Gasteiger partial charge in [-0.25, -0.2) is 0 Å². The van der Waals surface area contributed by atoms with Crippen LogP contribution in [-0.4, -0.2) is 35.5 Å². The monoisotopic (exact) mass is 324 g/mol. The van der Waals surface area contributed by atoms with Gasteiger partial charge in [0.15, 0.2) is 0 Å². The highest BCUT2D eigenvalue weighted by Gasteiger charge is 2.43. The molecule has 132 valence electrons. The number of hydrogen-bond donors (Lipinski definition) is 1. The van der Waals surface area contributed by atoms with Crippen LogP contribution in [0.5, 0.6) is 0 Å². The van der Waals surface area contributed by atoms with Gasteiger partial charge >= 0.3 is 5.97 Å². The number of hydrogen-bond acceptors (Lipinski definition) is 4. The molecule has 23 heavy (non-hydrogen) atoms. The highest BCUT2D eigenvalue weighted by molar-refractivity contribution is 5.66. The van der Waals surface area contributed by atoms with E-state index in [2.05, 4.69) is 0 Å². The zero-order valence-electron chi connectivity index (χ0n) is 14.4. The van der Waals surface area contributed by atoms with Crippen LogP contribution in [0.1, 0.15) is 77.6 Å². The highest BCUT2D eigenvalue weighted by Crippen LogP contribution is 2.41. The first kappa shape index (κ1) is 17.2. The first-order valence-corrected chi connectivity index (χ1v) is 9.62. The fourth-order valence-electron chi connectivity index (χ4n) is 4.61. The Balaban J connectivity index is 1.23. The van der Waals surface area contributed by atoms with Crippen LogP contribution < -0.4 is 0 Å². The van der Waals surface area contributed by atoms with E-state index in [9.17, 15) is 9.90 Å². The molecule has 6 unspecified atom stereocenters. The van der Waals surface area contributed by atoms with Gasteiger partial charge in [-0.05, 0) is 50.4 Å². The van der Waals surface area contributed by atoms with Crippen molar-refractivity contribution < 1.29 is 19.4 Å². The molecule has 4 heteroatoms. The van der Waals surface area contributed by atoms with Crippen molar-refractivity contribution in [3.63, 3.8) is 0 Å². The number of esters is 1. The molecule has 1 N–H and O–H groups in total. The number of carbonyl (C=O) groups excluding carboxylic acids is 1. The number of fused-ring (bicyclic) bond motifs is 1. The van der Waals surface area contributed by atoms with Gasteiger partial charge in [-0.3, -0.25) is 4.79 Å². The minimum Gasteiger partial charge on any atom is -0.460 e. The van der Waals surface area contributed by atoms with E-state index in [1.807, 2.05) is 0 Å². The van der Waals surface area contributed by atoms with Crippen LogP contribution in [0.15, 0.2) is 0 Å². The van der Waals surface area contributed by atoms with Crippen LogP contribution in [0.4, 0.5) is 0 Å². The molecule has 0 aromatic rings. The maximum absolute atomic E-state index is 11.0. The van der Waals surface area contributed by atoms with E-state index < -0.39 is 6.10 Å². The zero-order valence-corrected chi connectivity index (χ0v) is 14.4. The van der Waals surface area contributed by atoms with Crippen molar-refractivity contribution in [3.05, 3.63) is 0 Å². The number of carbonyl (C=O) groups is 1. The number of rotatable bonds is 7. The second kappa shape index (κ2) is 7.98. The van der Waals surface area contributed by atoms with Gasteiger partial charge in [0.2, 0.25) is 0 Å². The lowest BCUT2D eigenvalue weighted by Gasteiger charge is -2.32. The SMILES string of the molecule is CC(=O)OC1CCC(CCCCCC2CCC3OC3C2)CC1O. The average Bonchev–Trinajstić information content (AvgIpc) is 3.28. The fraction of sp³-hybridized carbons (Fsp3) is 0.947. The topological polar surface area (TPSA) is 59.1 Å². The number of unbranched alkanes of at least 4 members (excludes halogenated alkanes) is 2. The molecular weight excluding hydrogens is 292 g/mol. The van der Waals surface area contributed by atoms with Crippen molar-refractivity contribution >= 4 is 5.97 Å². The summed E-state index contributed by atoms with van der Waals surface area (Å²) in [4.78, 5) is 11.0. The summed E-state index contributed by atoms with van der Waals surface area (Å²) in [6, 6.07) is 0. The number of aliphatic hydroxyl groups is 1. The average molecular weight is 324 g/mol. The Labute approximate surface area is 139 Å². The smallest absolute Gasteiger partial charge is 0.302 e. The second-order valence-electron chi connectivity index (χ2n) is 7.92. The summed E-state index contributed by atoms with van der Waals surface area (Å²) in [6.45, 7) is 1.42. The van der Waals surface area contributed by atoms with Gasteiger partial charge in [-0.15, -0.1) is 0 Å². The van der Waals surface area contributed by atoms with Gasteiger partial charge in [0.1, 0.15) is 6.10 Å². The Morgan fingerprint density at radius 2 is 1.70 bits per heavy atom. The molecular formula is C19H32O4. The zero-order chi connectivity index (χ0) is 16.2. The van der Waals surface area contributed by atoms with Crippen LogP contribution in [0.3, 0.4) is 0 Å². The lowest BCUT2D eigenvalue weighted by atomic mass is 9.81. The molecule has 3 fully saturated rings. The van der Waals surface area contributed by atoms with Crippen LogP contribution in [0.2, 0.25) is 0 Å². The highest BCUT2D eigenvalue weighted by atomic mass is 16.6. The molecule has 0 spiro atoms. The maximum Gasteiger partial charge on any atom is 0.302 e. The number of aliphatic hydroxyl groups excluding tert-OH is 1. The molecule has 0 aromatic carbocycles. The fourth-order valence-corrected chi connectivity index (χ4v) is 4.61. The summed E-state index contributed by atoms with van der Waals surface area (Å²) in [7, 11) is 0. The largest absolute Gasteiger partial charge is 0.460 e. The van der Waals surface area contributed by atoms with Crippen molar-refractivity contribution in [2.24, 2.45) is 11.8 Å². The summed E-state index contributed by atoms with van der Waals surface area (Å²) in [5.74, 6) is 1.23. The van der Waals surface area contributed by atoms with Crippen molar-refractivity contribution in [3.8, 4) is 0 Å². The molecule has 0 aromatic heterocycles. The minimum absolute atomic E-state index is 0.275. The molecule has 0 bridgehead atoms. The second-order valence-corrected chi connectivity index (χ2v) is 7.92. The summed E-state index contributed by atoms with van der Waals surface area (Å²) >= 11 is 0. The summed E-state index contributed by atoms with van der Waals surface area (Å²) in [5.41, 5.74) is 0. The normalized spacial score (nSPS) is 39.6. The molecule has 0 radical (unpaired) electrons. The van der Waals surface area contributed by atoms with E-state index in [-0.39, 0.29) is 12.1 Å². The third kappa shape index (κ3) is 5.18. The van der Waals surface area contributed by atoms with Crippen molar-refractivity contribution in [1.29, 1.82) is 0 Å². The van der Waals surface area contributed by atoms with E-state index in [1.165, 1.54) is 58.3 Å². The number of ether oxygens (including phenoxy) is 2. The molecule has 6 atom stereocenters. The molecule has 0 amide bonds. The van der Waals surface area contributed by atoms with E-state index in [1.54, 1.807) is 0 Å². The van der Waals surface area contributed by atoms with Crippen LogP contribution in [0.25, 0.3) is 0 Å². The molecule has 4 nitrogen and oxygen atoms in total. The number of epoxide rings is 1. The summed E-state index contributed by atoms with van der Waals surface area (Å²) < 4.78 is 10.8. The molecule has 1 heterocycles. The van der Waals surface area contributed by atoms with E-state index in [0.717, 1.165) is 25.2 Å². The molecule has 2 aliphatic carbocycles. The quantitative estimate of drug-likeness (QED) is 0.442. The Morgan fingerprint density at radius 3 is 2.35 bits per heavy atom. The minimum atomic E-state index is -0.466. The standard InChI is InChI=1S/C19H32O4/c1-13(20)22-17-9-7-14(11-16(17)21)5-3-2-4-6-15-8-10-18-19(12-15)23-18/h14-19,21H,2-12H2,1H3. The van der Waals surface area contributed by atoms with Gasteiger partial charge in [-0.1, -0.05) is 32.1 Å². The van der Waals surface area contributed by atoms with E-state index in [0.29, 0.717) is 18.1 Å². The van der Waals surface area contributed by atoms with Crippen LogP contribution in [-0.2, 0) is 14.3 Å². The molecule has 1 saturated heterocycles. The molecule has 1 aliphatic heterocycles. The molecule has 3 aliphatic rings. The predicted octanol–water partition coefficient (Wildman–Crippen LogP) is 3.60. The lowest BCUT2D eigenvalue weighted by molar-refractivity contribution is -0.156. The third-order valence-corrected chi connectivity index (χ3v) is 6.02. The van der Waals surface area contributed by atoms with Crippen molar-refractivity contribution in [2.45, 2.75) is 102 Å². The van der Waals surface area contributed by atoms with Gasteiger partial charge in [0.05, 0.1) is 18.3 Å². The third-order valence-electron chi connectivity index (χ3n) is 6.02. The Hall–Kier alpha value is -0.610. The van der Waals surface area contributed by atoms with Gasteiger partial charge in [-0.2, -0.15) is 0 Å². The Bertz CT molecular complexity index is 397. The molecule has 3 rings (SSSR count). The van der Waals surface area contributed by atoms with Gasteiger partial charge in [0.25, 0.3) is 0 Å². The van der Waals surface area contributed by atoms with Gasteiger partial charge < -0.3 is 14.6 Å². The maximum atomic E-state index is 11.0. The summed E-state index contributed by atoms with van der Waals surface area (Å²) in [5, 5.41) is 10.1. The summed E-state index contributed by atoms with van der Waals surface area (Å²) in [6.07, 6.45) is 13.6. The van der Waals surface area contributed by atoms with Crippen molar-refractivity contribution in [2.75, 3.05) is 0 Å². The molecule has 2 saturated carbocycles. The van der Waals surface area contributed by atoms with Crippen LogP contribution >= 0.6 is 0 Å². The Kier molecular flexibility index (Phi) is 5.97. The van der Waals surface area contributed by atoms with E-state index >= 15 is 0 Å². The lowest BCUT2D eigenvalue weighted by Crippen LogP contribution is -2.36. The first-order valence-electron chi connectivity index (χ1n) is 9.62. The van der Waals surface area contributed by atoms with Crippen LogP contribution in [0, 0.1) is 11.8 Å². The van der Waals surface area contributed by atoms with Crippen molar-refractivity contribution in [1.82, 2.24) is 0 Å². The predicted molar refractivity (Wildman–Crippen MR) is 88.0 cm³/mol. The Morgan fingerprint density at radius 1 is 1.00 bits per heavy atom. The van der Waals surface area contributed by atoms with E-state index in [4.69, 9.17) is 9.47 Å². The van der Waals surface area contributed by atoms with Gasteiger partial charge in [0, 0.05) is 6.92 Å².